The lowest BCUT2D eigenvalue weighted by atomic mass is 9.75. The highest BCUT2D eigenvalue weighted by atomic mass is 16.5. The Morgan fingerprint density at radius 2 is 2.21 bits per heavy atom. The van der Waals surface area contributed by atoms with Crippen molar-refractivity contribution >= 4 is 6.09 Å². The Labute approximate surface area is 115 Å². The predicted molar refractivity (Wildman–Crippen MR) is 75.1 cm³/mol. The minimum Gasteiger partial charge on any atom is -0.465 e. The summed E-state index contributed by atoms with van der Waals surface area (Å²) in [5.41, 5.74) is 5.75. The van der Waals surface area contributed by atoms with Crippen LogP contribution in [0.2, 0.25) is 0 Å². The van der Waals surface area contributed by atoms with Crippen molar-refractivity contribution in [3.8, 4) is 0 Å². The zero-order valence-corrected chi connectivity index (χ0v) is 12.3. The molecule has 0 spiro atoms. The Bertz CT molecular complexity index is 283. The molecular weight excluding hydrogens is 244 g/mol. The summed E-state index contributed by atoms with van der Waals surface area (Å²) in [5.74, 6) is 0.658. The molecule has 112 valence electrons. The quantitative estimate of drug-likeness (QED) is 0.715. The van der Waals surface area contributed by atoms with Crippen molar-refractivity contribution in [3.05, 3.63) is 0 Å². The van der Waals surface area contributed by atoms with Gasteiger partial charge < -0.3 is 20.9 Å². The van der Waals surface area contributed by atoms with Gasteiger partial charge in [-0.25, -0.2) is 4.79 Å². The van der Waals surface area contributed by atoms with Gasteiger partial charge in [-0.2, -0.15) is 0 Å². The molecule has 0 bridgehead atoms. The molecule has 1 fully saturated rings. The monoisotopic (exact) mass is 272 g/mol. The minimum atomic E-state index is -0.974. The fourth-order valence-electron chi connectivity index (χ4n) is 2.96. The molecule has 3 atom stereocenters. The summed E-state index contributed by atoms with van der Waals surface area (Å²) in [6.07, 6.45) is 2.20. The van der Waals surface area contributed by atoms with E-state index < -0.39 is 6.09 Å². The molecule has 19 heavy (non-hydrogen) atoms. The molecule has 0 saturated carbocycles. The second kappa shape index (κ2) is 7.10. The molecule has 0 aliphatic carbocycles. The van der Waals surface area contributed by atoms with E-state index in [1.165, 1.54) is 0 Å². The molecule has 1 unspecified atom stereocenters. The first-order valence-electron chi connectivity index (χ1n) is 7.12. The van der Waals surface area contributed by atoms with Crippen molar-refractivity contribution in [2.45, 2.75) is 46.1 Å². The topological polar surface area (TPSA) is 84.6 Å². The van der Waals surface area contributed by atoms with Crippen LogP contribution in [0.3, 0.4) is 0 Å². The van der Waals surface area contributed by atoms with E-state index in [0.29, 0.717) is 12.5 Å². The van der Waals surface area contributed by atoms with Crippen molar-refractivity contribution in [2.75, 3.05) is 19.8 Å². The third-order valence-corrected chi connectivity index (χ3v) is 3.88. The highest BCUT2D eigenvalue weighted by molar-refractivity contribution is 5.65. The number of hydrogen-bond acceptors (Lipinski definition) is 3. The van der Waals surface area contributed by atoms with Gasteiger partial charge in [-0.3, -0.25) is 0 Å². The number of nitrogens with two attached hydrogens (primary N) is 1. The first-order chi connectivity index (χ1) is 8.84. The van der Waals surface area contributed by atoms with E-state index >= 15 is 0 Å². The number of amides is 1. The summed E-state index contributed by atoms with van der Waals surface area (Å²) in [5, 5.41) is 11.7. The van der Waals surface area contributed by atoms with Gasteiger partial charge in [0.2, 0.25) is 0 Å². The van der Waals surface area contributed by atoms with Crippen molar-refractivity contribution in [3.63, 3.8) is 0 Å². The van der Waals surface area contributed by atoms with Crippen LogP contribution < -0.4 is 11.1 Å². The van der Waals surface area contributed by atoms with Gasteiger partial charge in [0.25, 0.3) is 0 Å². The Hall–Kier alpha value is -0.810. The number of carbonyl (C=O) groups is 1. The molecule has 1 aliphatic heterocycles. The number of nitrogens with one attached hydrogen (secondary N) is 1. The molecule has 1 amide bonds. The van der Waals surface area contributed by atoms with Gasteiger partial charge in [-0.1, -0.05) is 20.8 Å². The maximum Gasteiger partial charge on any atom is 0.404 e. The van der Waals surface area contributed by atoms with Crippen LogP contribution in [0.5, 0.6) is 0 Å². The van der Waals surface area contributed by atoms with Crippen molar-refractivity contribution in [2.24, 2.45) is 23.0 Å². The zero-order chi connectivity index (χ0) is 14.5. The highest BCUT2D eigenvalue weighted by Crippen LogP contribution is 2.31. The van der Waals surface area contributed by atoms with Gasteiger partial charge in [-0.05, 0) is 43.1 Å². The molecule has 0 aromatic rings. The zero-order valence-electron chi connectivity index (χ0n) is 12.3. The van der Waals surface area contributed by atoms with Crippen molar-refractivity contribution in [1.82, 2.24) is 5.32 Å². The standard InChI is InChI=1S/C14H28N2O3/c1-14(2,3)12(16-13(17)18)11(8-15)7-10-5-4-6-19-9-10/h10-12,16H,4-9,15H2,1-3H3,(H,17,18)/t10-,11-,12?/m0/s1. The van der Waals surface area contributed by atoms with E-state index in [1.807, 2.05) is 20.8 Å². The molecule has 5 nitrogen and oxygen atoms in total. The van der Waals surface area contributed by atoms with Crippen LogP contribution in [0.25, 0.3) is 0 Å². The van der Waals surface area contributed by atoms with E-state index in [9.17, 15) is 4.79 Å². The minimum absolute atomic E-state index is 0.128. The van der Waals surface area contributed by atoms with E-state index in [0.717, 1.165) is 32.5 Å². The lowest BCUT2D eigenvalue weighted by molar-refractivity contribution is 0.0381. The lowest BCUT2D eigenvalue weighted by Gasteiger charge is -2.38. The average molecular weight is 272 g/mol. The largest absolute Gasteiger partial charge is 0.465 e. The number of rotatable bonds is 5. The second-order valence-electron chi connectivity index (χ2n) is 6.61. The van der Waals surface area contributed by atoms with E-state index in [-0.39, 0.29) is 17.4 Å². The smallest absolute Gasteiger partial charge is 0.404 e. The number of carboxylic acid groups (broad SMARTS) is 1. The normalized spacial score (nSPS) is 23.7. The first-order valence-corrected chi connectivity index (χ1v) is 7.12. The summed E-state index contributed by atoms with van der Waals surface area (Å²) < 4.78 is 5.50. The Morgan fingerprint density at radius 1 is 1.53 bits per heavy atom. The highest BCUT2D eigenvalue weighted by Gasteiger charge is 2.34. The summed E-state index contributed by atoms with van der Waals surface area (Å²) in [7, 11) is 0. The van der Waals surface area contributed by atoms with Gasteiger partial charge in [-0.15, -0.1) is 0 Å². The summed E-state index contributed by atoms with van der Waals surface area (Å²) >= 11 is 0. The molecule has 5 heteroatoms. The van der Waals surface area contributed by atoms with Crippen LogP contribution in [-0.4, -0.2) is 37.0 Å². The summed E-state index contributed by atoms with van der Waals surface area (Å²) in [4.78, 5) is 11.0. The molecule has 4 N–H and O–H groups in total. The maximum absolute atomic E-state index is 11.0. The molecule has 1 heterocycles. The fraction of sp³-hybridized carbons (Fsp3) is 0.929. The van der Waals surface area contributed by atoms with E-state index in [2.05, 4.69) is 5.32 Å². The van der Waals surface area contributed by atoms with Crippen LogP contribution in [0.1, 0.15) is 40.0 Å². The van der Waals surface area contributed by atoms with Gasteiger partial charge in [0.1, 0.15) is 0 Å². The SMILES string of the molecule is CC(C)(C)C(NC(=O)O)[C@H](CN)C[C@@H]1CCCOC1. The van der Waals surface area contributed by atoms with E-state index in [1.54, 1.807) is 0 Å². The van der Waals surface area contributed by atoms with Crippen LogP contribution in [-0.2, 0) is 4.74 Å². The third-order valence-electron chi connectivity index (χ3n) is 3.88. The fourth-order valence-corrected chi connectivity index (χ4v) is 2.96. The van der Waals surface area contributed by atoms with Gasteiger partial charge in [0.05, 0.1) is 0 Å². The van der Waals surface area contributed by atoms with E-state index in [4.69, 9.17) is 15.6 Å². The lowest BCUT2D eigenvalue weighted by Crippen LogP contribution is -2.51. The van der Waals surface area contributed by atoms with Crippen molar-refractivity contribution in [1.29, 1.82) is 0 Å². The maximum atomic E-state index is 11.0. The van der Waals surface area contributed by atoms with Gasteiger partial charge >= 0.3 is 6.09 Å². The number of ether oxygens (including phenoxy) is 1. The van der Waals surface area contributed by atoms with Crippen LogP contribution in [0, 0.1) is 17.3 Å². The molecule has 0 radical (unpaired) electrons. The second-order valence-corrected chi connectivity index (χ2v) is 6.61. The first kappa shape index (κ1) is 16.2. The third kappa shape index (κ3) is 5.37. The molecular formula is C14H28N2O3. The van der Waals surface area contributed by atoms with Crippen molar-refractivity contribution < 1.29 is 14.6 Å². The Balaban J connectivity index is 2.68. The van der Waals surface area contributed by atoms with Crippen LogP contribution in [0.4, 0.5) is 4.79 Å². The van der Waals surface area contributed by atoms with Crippen LogP contribution >= 0.6 is 0 Å². The average Bonchev–Trinajstić information content (AvgIpc) is 2.33. The Morgan fingerprint density at radius 3 is 2.63 bits per heavy atom. The molecule has 1 aliphatic rings. The summed E-state index contributed by atoms with van der Waals surface area (Å²) in [6, 6.07) is -0.128. The Kier molecular flexibility index (Phi) is 6.07. The molecule has 0 aromatic heterocycles. The molecule has 1 rings (SSSR count). The van der Waals surface area contributed by atoms with Crippen LogP contribution in [0.15, 0.2) is 0 Å². The molecule has 1 saturated heterocycles. The molecule has 0 aromatic carbocycles. The predicted octanol–water partition coefficient (Wildman–Crippen LogP) is 2.06. The summed E-state index contributed by atoms with van der Waals surface area (Å²) in [6.45, 7) is 8.27. The van der Waals surface area contributed by atoms with Gasteiger partial charge in [0.15, 0.2) is 0 Å². The number of hydrogen-bond donors (Lipinski definition) is 3. The van der Waals surface area contributed by atoms with Gasteiger partial charge in [0, 0.05) is 19.3 Å².